The first-order valence-corrected chi connectivity index (χ1v) is 7.55. The Bertz CT molecular complexity index is 760. The number of carbonyl (C=O) groups excluding carboxylic acids is 1. The van der Waals surface area contributed by atoms with Crippen molar-refractivity contribution in [2.75, 3.05) is 13.1 Å². The molecule has 1 aromatic carbocycles. The predicted molar refractivity (Wildman–Crippen MR) is 86.2 cm³/mol. The lowest BCUT2D eigenvalue weighted by atomic mass is 10.2. The number of nitrogens with one attached hydrogen (secondary N) is 1. The zero-order valence-corrected chi connectivity index (χ0v) is 13.3. The van der Waals surface area contributed by atoms with Gasteiger partial charge in [-0.2, -0.15) is 0 Å². The standard InChI is InChI=1S/C16H21N3O4/c1-11(2)9-18(8-7-15(21)22)14(20)10-19-13-6-4-3-5-12(13)17-16(19)23/h3-6,11H,7-10H2,1-2H3,(H,17,23)(H,21,22). The predicted octanol–water partition coefficient (Wildman–Crippen LogP) is 1.29. The molecule has 0 saturated heterocycles. The van der Waals surface area contributed by atoms with Crippen molar-refractivity contribution in [1.29, 1.82) is 0 Å². The zero-order chi connectivity index (χ0) is 17.0. The Hall–Kier alpha value is -2.57. The van der Waals surface area contributed by atoms with Gasteiger partial charge in [-0.05, 0) is 18.1 Å². The molecule has 7 heteroatoms. The lowest BCUT2D eigenvalue weighted by Gasteiger charge is -2.24. The highest BCUT2D eigenvalue weighted by atomic mass is 16.4. The number of carboxylic acids is 1. The van der Waals surface area contributed by atoms with Crippen LogP contribution in [0, 0.1) is 5.92 Å². The normalized spacial score (nSPS) is 11.1. The van der Waals surface area contributed by atoms with Crippen molar-refractivity contribution < 1.29 is 14.7 Å². The molecule has 1 amide bonds. The van der Waals surface area contributed by atoms with E-state index in [-0.39, 0.29) is 37.0 Å². The summed E-state index contributed by atoms with van der Waals surface area (Å²) >= 11 is 0. The molecule has 0 bridgehead atoms. The first-order chi connectivity index (χ1) is 10.9. The number of nitrogens with zero attached hydrogens (tertiary/aromatic N) is 2. The molecule has 0 saturated carbocycles. The molecule has 0 atom stereocenters. The highest BCUT2D eigenvalue weighted by Gasteiger charge is 2.18. The number of aromatic nitrogens is 2. The van der Waals surface area contributed by atoms with Crippen LogP contribution in [0.2, 0.25) is 0 Å². The molecule has 2 rings (SSSR count). The lowest BCUT2D eigenvalue weighted by molar-refractivity contribution is -0.138. The molecule has 2 aromatic rings. The van der Waals surface area contributed by atoms with E-state index in [1.165, 1.54) is 9.47 Å². The first kappa shape index (κ1) is 16.8. The Kier molecular flexibility index (Phi) is 5.20. The third-order valence-corrected chi connectivity index (χ3v) is 3.51. The van der Waals surface area contributed by atoms with Gasteiger partial charge in [0.25, 0.3) is 0 Å². The van der Waals surface area contributed by atoms with Gasteiger partial charge in [0.2, 0.25) is 5.91 Å². The number of para-hydroxylation sites is 2. The summed E-state index contributed by atoms with van der Waals surface area (Å²) in [6.07, 6.45) is -0.110. The summed E-state index contributed by atoms with van der Waals surface area (Å²) in [7, 11) is 0. The Morgan fingerprint density at radius 3 is 2.65 bits per heavy atom. The van der Waals surface area contributed by atoms with Crippen LogP contribution in [0.5, 0.6) is 0 Å². The van der Waals surface area contributed by atoms with Gasteiger partial charge in [0.15, 0.2) is 0 Å². The van der Waals surface area contributed by atoms with Gasteiger partial charge in [-0.25, -0.2) is 4.79 Å². The molecule has 1 aromatic heterocycles. The number of aliphatic carboxylic acids is 1. The maximum absolute atomic E-state index is 12.5. The molecule has 0 fully saturated rings. The molecule has 0 spiro atoms. The van der Waals surface area contributed by atoms with Gasteiger partial charge < -0.3 is 15.0 Å². The van der Waals surface area contributed by atoms with Crippen LogP contribution in [0.15, 0.2) is 29.1 Å². The molecular weight excluding hydrogens is 298 g/mol. The van der Waals surface area contributed by atoms with Crippen LogP contribution in [0.3, 0.4) is 0 Å². The molecule has 0 aliphatic rings. The van der Waals surface area contributed by atoms with Gasteiger partial charge in [0, 0.05) is 13.1 Å². The number of imidazole rings is 1. The van der Waals surface area contributed by atoms with E-state index >= 15 is 0 Å². The van der Waals surface area contributed by atoms with Crippen LogP contribution in [0.1, 0.15) is 20.3 Å². The lowest BCUT2D eigenvalue weighted by Crippen LogP contribution is -2.39. The second-order valence-electron chi connectivity index (χ2n) is 5.91. The van der Waals surface area contributed by atoms with Crippen molar-refractivity contribution in [1.82, 2.24) is 14.5 Å². The van der Waals surface area contributed by atoms with E-state index in [1.54, 1.807) is 18.2 Å². The van der Waals surface area contributed by atoms with Gasteiger partial charge in [0.1, 0.15) is 6.54 Å². The minimum Gasteiger partial charge on any atom is -0.481 e. The summed E-state index contributed by atoms with van der Waals surface area (Å²) < 4.78 is 1.38. The van der Waals surface area contributed by atoms with Gasteiger partial charge in [-0.15, -0.1) is 0 Å². The minimum atomic E-state index is -0.948. The molecule has 124 valence electrons. The number of amides is 1. The molecule has 7 nitrogen and oxygen atoms in total. The van der Waals surface area contributed by atoms with E-state index in [0.717, 1.165) is 0 Å². The van der Waals surface area contributed by atoms with E-state index < -0.39 is 5.97 Å². The van der Waals surface area contributed by atoms with E-state index in [9.17, 15) is 14.4 Å². The number of fused-ring (bicyclic) bond motifs is 1. The van der Waals surface area contributed by atoms with Gasteiger partial charge >= 0.3 is 11.7 Å². The summed E-state index contributed by atoms with van der Waals surface area (Å²) in [5.74, 6) is -0.991. The van der Waals surface area contributed by atoms with E-state index in [4.69, 9.17) is 5.11 Å². The number of hydrogen-bond donors (Lipinski definition) is 2. The van der Waals surface area contributed by atoms with E-state index in [2.05, 4.69) is 4.98 Å². The fourth-order valence-corrected chi connectivity index (χ4v) is 2.49. The minimum absolute atomic E-state index is 0.102. The third-order valence-electron chi connectivity index (χ3n) is 3.51. The number of carbonyl (C=O) groups is 2. The molecule has 1 heterocycles. The fraction of sp³-hybridized carbons (Fsp3) is 0.438. The molecule has 23 heavy (non-hydrogen) atoms. The Balaban J connectivity index is 2.20. The van der Waals surface area contributed by atoms with Gasteiger partial charge in [-0.1, -0.05) is 26.0 Å². The number of aromatic amines is 1. The molecule has 0 radical (unpaired) electrons. The molecule has 0 unspecified atom stereocenters. The van der Waals surface area contributed by atoms with Crippen molar-refractivity contribution in [2.45, 2.75) is 26.8 Å². The van der Waals surface area contributed by atoms with Crippen LogP contribution in [-0.4, -0.2) is 44.5 Å². The average Bonchev–Trinajstić information content (AvgIpc) is 2.79. The number of carboxylic acid groups (broad SMARTS) is 1. The van der Waals surface area contributed by atoms with Crippen molar-refractivity contribution in [3.05, 3.63) is 34.7 Å². The van der Waals surface area contributed by atoms with Crippen LogP contribution >= 0.6 is 0 Å². The molecular formula is C16H21N3O4. The second kappa shape index (κ2) is 7.13. The summed E-state index contributed by atoms with van der Waals surface area (Å²) in [6, 6.07) is 7.15. The Morgan fingerprint density at radius 1 is 1.30 bits per heavy atom. The van der Waals surface area contributed by atoms with Crippen molar-refractivity contribution in [3.8, 4) is 0 Å². The molecule has 2 N–H and O–H groups in total. The monoisotopic (exact) mass is 319 g/mol. The number of H-pyrrole nitrogens is 1. The van der Waals surface area contributed by atoms with Crippen molar-refractivity contribution in [2.24, 2.45) is 5.92 Å². The summed E-state index contributed by atoms with van der Waals surface area (Å²) in [4.78, 5) is 39.5. The Morgan fingerprint density at radius 2 is 2.00 bits per heavy atom. The second-order valence-corrected chi connectivity index (χ2v) is 5.91. The summed E-state index contributed by atoms with van der Waals surface area (Å²) in [5.41, 5.74) is 0.988. The Labute approximate surface area is 133 Å². The smallest absolute Gasteiger partial charge is 0.326 e. The molecule has 0 aliphatic heterocycles. The largest absolute Gasteiger partial charge is 0.481 e. The van der Waals surface area contributed by atoms with E-state index in [0.29, 0.717) is 17.6 Å². The van der Waals surface area contributed by atoms with Crippen LogP contribution in [0.4, 0.5) is 0 Å². The SMILES string of the molecule is CC(C)CN(CCC(=O)O)C(=O)Cn1c(=O)[nH]c2ccccc21. The molecule has 0 aliphatic carbocycles. The highest BCUT2D eigenvalue weighted by Crippen LogP contribution is 2.10. The summed E-state index contributed by atoms with van der Waals surface area (Å²) in [5, 5.41) is 8.82. The fourth-order valence-electron chi connectivity index (χ4n) is 2.49. The number of rotatable bonds is 7. The maximum Gasteiger partial charge on any atom is 0.326 e. The summed E-state index contributed by atoms with van der Waals surface area (Å²) in [6.45, 7) is 4.42. The number of hydrogen-bond acceptors (Lipinski definition) is 3. The highest BCUT2D eigenvalue weighted by molar-refractivity contribution is 5.81. The van der Waals surface area contributed by atoms with Crippen molar-refractivity contribution in [3.63, 3.8) is 0 Å². The third kappa shape index (κ3) is 4.21. The van der Waals surface area contributed by atoms with Crippen LogP contribution < -0.4 is 5.69 Å². The first-order valence-electron chi connectivity index (χ1n) is 7.55. The number of benzene rings is 1. The van der Waals surface area contributed by atoms with Gasteiger partial charge in [0.05, 0.1) is 17.5 Å². The zero-order valence-electron chi connectivity index (χ0n) is 13.3. The average molecular weight is 319 g/mol. The van der Waals surface area contributed by atoms with E-state index in [1.807, 2.05) is 19.9 Å². The topological polar surface area (TPSA) is 95.4 Å². The van der Waals surface area contributed by atoms with Crippen LogP contribution in [-0.2, 0) is 16.1 Å². The quantitative estimate of drug-likeness (QED) is 0.804. The van der Waals surface area contributed by atoms with Crippen molar-refractivity contribution >= 4 is 22.9 Å². The van der Waals surface area contributed by atoms with Gasteiger partial charge in [-0.3, -0.25) is 14.2 Å². The maximum atomic E-state index is 12.5. The van der Waals surface area contributed by atoms with Crippen LogP contribution in [0.25, 0.3) is 11.0 Å².